The second kappa shape index (κ2) is 6.45. The summed E-state index contributed by atoms with van der Waals surface area (Å²) in [4.78, 5) is 2.38. The van der Waals surface area contributed by atoms with Gasteiger partial charge in [0.2, 0.25) is 0 Å². The van der Waals surface area contributed by atoms with Crippen molar-refractivity contribution in [3.63, 3.8) is 0 Å². The lowest BCUT2D eigenvalue weighted by Crippen LogP contribution is -2.49. The van der Waals surface area contributed by atoms with Crippen LogP contribution in [0.4, 0.5) is 0 Å². The van der Waals surface area contributed by atoms with Crippen molar-refractivity contribution in [3.8, 4) is 0 Å². The first kappa shape index (κ1) is 15.1. The third-order valence-corrected chi connectivity index (χ3v) is 4.99. The van der Waals surface area contributed by atoms with Gasteiger partial charge in [-0.2, -0.15) is 0 Å². The maximum atomic E-state index is 6.03. The predicted octanol–water partition coefficient (Wildman–Crippen LogP) is 3.96. The van der Waals surface area contributed by atoms with Gasteiger partial charge < -0.3 is 10.2 Å². The molecule has 4 heteroatoms. The summed E-state index contributed by atoms with van der Waals surface area (Å²) in [6.07, 6.45) is 5.25. The molecule has 0 aromatic heterocycles. The van der Waals surface area contributed by atoms with Crippen LogP contribution in [0.5, 0.6) is 0 Å². The van der Waals surface area contributed by atoms with Gasteiger partial charge in [-0.1, -0.05) is 42.1 Å². The van der Waals surface area contributed by atoms with E-state index in [4.69, 9.17) is 23.2 Å². The van der Waals surface area contributed by atoms with Gasteiger partial charge >= 0.3 is 0 Å². The summed E-state index contributed by atoms with van der Waals surface area (Å²) in [5.41, 5.74) is 1.51. The Hall–Kier alpha value is -0.280. The maximum Gasteiger partial charge on any atom is 0.0595 e. The van der Waals surface area contributed by atoms with Crippen LogP contribution in [0.2, 0.25) is 10.0 Å². The third kappa shape index (κ3) is 3.63. The summed E-state index contributed by atoms with van der Waals surface area (Å²) < 4.78 is 0. The van der Waals surface area contributed by atoms with Gasteiger partial charge in [0.1, 0.15) is 0 Å². The molecule has 2 rings (SSSR count). The highest BCUT2D eigenvalue weighted by Crippen LogP contribution is 2.33. The molecular formula is C15H22Cl2N2. The van der Waals surface area contributed by atoms with Gasteiger partial charge in [0.05, 0.1) is 10.0 Å². The second-order valence-corrected chi connectivity index (χ2v) is 6.49. The molecule has 0 heterocycles. The first-order valence-corrected chi connectivity index (χ1v) is 7.61. The van der Waals surface area contributed by atoms with Crippen LogP contribution >= 0.6 is 23.2 Å². The molecule has 1 aliphatic carbocycles. The lowest BCUT2D eigenvalue weighted by Gasteiger charge is -2.36. The zero-order valence-electron chi connectivity index (χ0n) is 11.7. The zero-order valence-corrected chi connectivity index (χ0v) is 13.2. The fraction of sp³-hybridized carbons (Fsp3) is 0.600. The van der Waals surface area contributed by atoms with E-state index < -0.39 is 0 Å². The van der Waals surface area contributed by atoms with E-state index in [0.29, 0.717) is 15.6 Å². The minimum Gasteiger partial charge on any atom is -0.311 e. The summed E-state index contributed by atoms with van der Waals surface area (Å²) in [7, 11) is 4.37. The Morgan fingerprint density at radius 1 is 1.16 bits per heavy atom. The number of rotatable bonds is 5. The molecule has 0 spiro atoms. The topological polar surface area (TPSA) is 15.3 Å². The summed E-state index contributed by atoms with van der Waals surface area (Å²) in [6, 6.07) is 5.82. The van der Waals surface area contributed by atoms with E-state index in [1.807, 2.05) is 18.2 Å². The molecule has 106 valence electrons. The molecular weight excluding hydrogens is 279 g/mol. The number of hydrogen-bond donors (Lipinski definition) is 1. The zero-order chi connectivity index (χ0) is 13.9. The summed E-state index contributed by atoms with van der Waals surface area (Å²) >= 11 is 12.0. The van der Waals surface area contributed by atoms with Crippen LogP contribution in [-0.2, 0) is 6.54 Å². The number of halogens is 2. The van der Waals surface area contributed by atoms with Crippen molar-refractivity contribution in [1.82, 2.24) is 10.2 Å². The highest BCUT2D eigenvalue weighted by atomic mass is 35.5. The first-order chi connectivity index (χ1) is 9.03. The van der Waals surface area contributed by atoms with Crippen molar-refractivity contribution < 1.29 is 0 Å². The molecule has 1 aromatic carbocycles. The van der Waals surface area contributed by atoms with E-state index in [-0.39, 0.29) is 0 Å². The minimum atomic E-state index is 0.330. The minimum absolute atomic E-state index is 0.330. The normalized spacial score (nSPS) is 18.2. The second-order valence-electron chi connectivity index (χ2n) is 5.68. The van der Waals surface area contributed by atoms with Gasteiger partial charge in [-0.25, -0.2) is 0 Å². The van der Waals surface area contributed by atoms with E-state index in [1.54, 1.807) is 0 Å². The Balaban J connectivity index is 1.90. The van der Waals surface area contributed by atoms with Crippen LogP contribution in [0.3, 0.4) is 0 Å². The molecule has 0 amide bonds. The molecule has 2 nitrogen and oxygen atoms in total. The standard InChI is InChI=1S/C15H22Cl2N2/c1-19(2)15(7-3-4-8-15)11-18-10-12-5-6-13(16)14(17)9-12/h5-6,9,18H,3-4,7-8,10-11H2,1-2H3. The Morgan fingerprint density at radius 2 is 1.84 bits per heavy atom. The fourth-order valence-electron chi connectivity index (χ4n) is 2.90. The Morgan fingerprint density at radius 3 is 2.42 bits per heavy atom. The fourth-order valence-corrected chi connectivity index (χ4v) is 3.23. The van der Waals surface area contributed by atoms with Crippen molar-refractivity contribution in [2.75, 3.05) is 20.6 Å². The molecule has 19 heavy (non-hydrogen) atoms. The van der Waals surface area contributed by atoms with Gasteiger partial charge in [-0.05, 0) is 44.6 Å². The average molecular weight is 301 g/mol. The number of nitrogens with one attached hydrogen (secondary N) is 1. The Kier molecular flexibility index (Phi) is 5.13. The van der Waals surface area contributed by atoms with E-state index >= 15 is 0 Å². The maximum absolute atomic E-state index is 6.03. The van der Waals surface area contributed by atoms with Crippen molar-refractivity contribution >= 4 is 23.2 Å². The van der Waals surface area contributed by atoms with Gasteiger partial charge in [0.15, 0.2) is 0 Å². The summed E-state index contributed by atoms with van der Waals surface area (Å²) in [5, 5.41) is 4.81. The molecule has 0 atom stereocenters. The van der Waals surface area contributed by atoms with E-state index in [0.717, 1.165) is 13.1 Å². The van der Waals surface area contributed by atoms with Gasteiger partial charge in [0.25, 0.3) is 0 Å². The van der Waals surface area contributed by atoms with Gasteiger partial charge in [-0.3, -0.25) is 0 Å². The van der Waals surface area contributed by atoms with E-state index in [9.17, 15) is 0 Å². The molecule has 0 bridgehead atoms. The quantitative estimate of drug-likeness (QED) is 0.885. The predicted molar refractivity (Wildman–Crippen MR) is 83.1 cm³/mol. The molecule has 0 aliphatic heterocycles. The third-order valence-electron chi connectivity index (χ3n) is 4.25. The largest absolute Gasteiger partial charge is 0.311 e. The molecule has 1 N–H and O–H groups in total. The van der Waals surface area contributed by atoms with Crippen LogP contribution in [0, 0.1) is 0 Å². The summed E-state index contributed by atoms with van der Waals surface area (Å²) in [5.74, 6) is 0. The highest BCUT2D eigenvalue weighted by molar-refractivity contribution is 6.42. The Bertz CT molecular complexity index is 426. The summed E-state index contributed by atoms with van der Waals surface area (Å²) in [6.45, 7) is 1.87. The number of likely N-dealkylation sites (N-methyl/N-ethyl adjacent to an activating group) is 1. The van der Waals surface area contributed by atoms with E-state index in [1.165, 1.54) is 31.2 Å². The highest BCUT2D eigenvalue weighted by Gasteiger charge is 2.35. The number of hydrogen-bond acceptors (Lipinski definition) is 2. The molecule has 0 unspecified atom stereocenters. The van der Waals surface area contributed by atoms with E-state index in [2.05, 4.69) is 24.3 Å². The first-order valence-electron chi connectivity index (χ1n) is 6.86. The Labute approximate surface area is 126 Å². The van der Waals surface area contributed by atoms with Crippen LogP contribution in [0.25, 0.3) is 0 Å². The molecule has 0 radical (unpaired) electrons. The monoisotopic (exact) mass is 300 g/mol. The average Bonchev–Trinajstić information content (AvgIpc) is 2.84. The van der Waals surface area contributed by atoms with Gasteiger partial charge in [0, 0.05) is 18.6 Å². The van der Waals surface area contributed by atoms with Gasteiger partial charge in [-0.15, -0.1) is 0 Å². The smallest absolute Gasteiger partial charge is 0.0595 e. The van der Waals surface area contributed by atoms with Crippen molar-refractivity contribution in [3.05, 3.63) is 33.8 Å². The van der Waals surface area contributed by atoms with Crippen molar-refractivity contribution in [1.29, 1.82) is 0 Å². The molecule has 1 aliphatic rings. The van der Waals surface area contributed by atoms with Crippen LogP contribution in [0.15, 0.2) is 18.2 Å². The SMILES string of the molecule is CN(C)C1(CNCc2ccc(Cl)c(Cl)c2)CCCC1. The molecule has 1 fully saturated rings. The van der Waals surface area contributed by atoms with Crippen LogP contribution in [0.1, 0.15) is 31.2 Å². The van der Waals surface area contributed by atoms with Crippen LogP contribution in [-0.4, -0.2) is 31.1 Å². The number of benzene rings is 1. The van der Waals surface area contributed by atoms with Crippen molar-refractivity contribution in [2.24, 2.45) is 0 Å². The molecule has 1 saturated carbocycles. The lowest BCUT2D eigenvalue weighted by molar-refractivity contribution is 0.153. The molecule has 0 saturated heterocycles. The lowest BCUT2D eigenvalue weighted by atomic mass is 9.96. The number of nitrogens with zero attached hydrogens (tertiary/aromatic N) is 1. The van der Waals surface area contributed by atoms with Crippen LogP contribution < -0.4 is 5.32 Å². The van der Waals surface area contributed by atoms with Crippen molar-refractivity contribution in [2.45, 2.75) is 37.8 Å². The molecule has 1 aromatic rings.